The van der Waals surface area contributed by atoms with Crippen molar-refractivity contribution in [3.05, 3.63) is 118 Å². The summed E-state index contributed by atoms with van der Waals surface area (Å²) in [6, 6.07) is 19.4. The maximum atomic E-state index is 14.3. The second kappa shape index (κ2) is 13.0. The van der Waals surface area contributed by atoms with Crippen LogP contribution in [0.3, 0.4) is 0 Å². The number of nitrogens with one attached hydrogen (secondary N) is 1. The minimum absolute atomic E-state index is 0.00527. The number of urea groups is 1. The van der Waals surface area contributed by atoms with Crippen LogP contribution in [0.4, 0.5) is 10.5 Å². The second-order valence-corrected chi connectivity index (χ2v) is 12.1. The van der Waals surface area contributed by atoms with E-state index in [-0.39, 0.29) is 62.4 Å². The lowest BCUT2D eigenvalue weighted by Gasteiger charge is -2.55. The zero-order valence-electron chi connectivity index (χ0n) is 24.8. The number of hydrogen-bond acceptors (Lipinski definition) is 8. The van der Waals surface area contributed by atoms with Gasteiger partial charge in [-0.15, -0.1) is 17.9 Å². The first-order valence-corrected chi connectivity index (χ1v) is 15.6. The molecule has 12 nitrogen and oxygen atoms in total. The molecule has 13 heteroatoms. The van der Waals surface area contributed by atoms with Gasteiger partial charge in [0.25, 0.3) is 5.69 Å². The van der Waals surface area contributed by atoms with Gasteiger partial charge in [0.1, 0.15) is 22.7 Å². The lowest BCUT2D eigenvalue weighted by molar-refractivity contribution is -0.382. The number of benzene rings is 3. The Labute approximate surface area is 268 Å². The number of hydrogen-bond donors (Lipinski definition) is 2. The number of thiophene rings is 1. The van der Waals surface area contributed by atoms with Gasteiger partial charge >= 0.3 is 6.03 Å². The van der Waals surface area contributed by atoms with Gasteiger partial charge in [0, 0.05) is 37.5 Å². The number of aromatic hydroxyl groups is 1. The zero-order valence-corrected chi connectivity index (χ0v) is 25.6. The molecule has 2 atom stereocenters. The third-order valence-corrected chi connectivity index (χ3v) is 9.31. The Morgan fingerprint density at radius 2 is 1.83 bits per heavy atom. The summed E-state index contributed by atoms with van der Waals surface area (Å²) >= 11 is 1.24. The lowest BCUT2D eigenvalue weighted by Crippen LogP contribution is -2.76. The molecule has 2 saturated heterocycles. The summed E-state index contributed by atoms with van der Waals surface area (Å²) in [5.41, 5.74) is 2.36. The van der Waals surface area contributed by atoms with Crippen LogP contribution in [0.5, 0.6) is 5.75 Å². The number of nitro benzene ring substituents is 1. The standard InChI is InChI=1S/C33H32N6O6S/c1-2-15-36-20-30(41)37-28(16-22-11-13-25(40)14-12-22)32(42)35(18-24-21-46-31-26(24)9-6-10-27(31)39(44)45)19-29(37)38(36)33(43)34-17-23-7-4-3-5-8-23/h2-14,21,28-29,40H,1,15-20H2,(H,34,43)/t28-,29-/m0/s1. The highest BCUT2D eigenvalue weighted by Crippen LogP contribution is 2.36. The van der Waals surface area contributed by atoms with E-state index < -0.39 is 23.2 Å². The molecule has 0 saturated carbocycles. The van der Waals surface area contributed by atoms with Crippen LogP contribution in [0.15, 0.2) is 90.8 Å². The number of piperazine rings is 1. The van der Waals surface area contributed by atoms with Gasteiger partial charge in [-0.05, 0) is 34.2 Å². The molecule has 3 heterocycles. The number of hydrazine groups is 1. The molecule has 2 N–H and O–H groups in total. The third kappa shape index (κ3) is 6.02. The van der Waals surface area contributed by atoms with Gasteiger partial charge in [-0.25, -0.2) is 14.8 Å². The van der Waals surface area contributed by atoms with Gasteiger partial charge in [0.2, 0.25) is 11.8 Å². The second-order valence-electron chi connectivity index (χ2n) is 11.2. The maximum Gasteiger partial charge on any atom is 0.334 e. The summed E-state index contributed by atoms with van der Waals surface area (Å²) in [7, 11) is 0. The number of nitrogens with zero attached hydrogens (tertiary/aromatic N) is 5. The van der Waals surface area contributed by atoms with E-state index in [1.54, 1.807) is 40.3 Å². The van der Waals surface area contributed by atoms with Crippen molar-refractivity contribution in [3.8, 4) is 5.75 Å². The first-order valence-electron chi connectivity index (χ1n) is 14.7. The molecule has 2 aliphatic rings. The monoisotopic (exact) mass is 640 g/mol. The Morgan fingerprint density at radius 1 is 1.07 bits per heavy atom. The highest BCUT2D eigenvalue weighted by atomic mass is 32.1. The molecule has 1 aromatic heterocycles. The fourth-order valence-electron chi connectivity index (χ4n) is 6.12. The number of carbonyl (C=O) groups excluding carboxylic acids is 3. The number of non-ortho nitro benzene ring substituents is 1. The zero-order chi connectivity index (χ0) is 32.4. The molecule has 46 heavy (non-hydrogen) atoms. The highest BCUT2D eigenvalue weighted by Gasteiger charge is 2.51. The molecule has 0 spiro atoms. The molecule has 0 unspecified atom stereocenters. The largest absolute Gasteiger partial charge is 0.508 e. The molecule has 3 aromatic carbocycles. The van der Waals surface area contributed by atoms with Crippen LogP contribution in [-0.4, -0.2) is 79.5 Å². The molecule has 0 radical (unpaired) electrons. The van der Waals surface area contributed by atoms with Crippen molar-refractivity contribution in [3.63, 3.8) is 0 Å². The molecule has 4 aromatic rings. The molecular weight excluding hydrogens is 608 g/mol. The van der Waals surface area contributed by atoms with Gasteiger partial charge in [-0.1, -0.05) is 60.7 Å². The quantitative estimate of drug-likeness (QED) is 0.158. The van der Waals surface area contributed by atoms with Crippen LogP contribution in [0.2, 0.25) is 0 Å². The van der Waals surface area contributed by atoms with E-state index in [0.717, 1.165) is 16.7 Å². The summed E-state index contributed by atoms with van der Waals surface area (Å²) in [6.07, 6.45) is 0.940. The number of carbonyl (C=O) groups is 3. The van der Waals surface area contributed by atoms with E-state index >= 15 is 0 Å². The normalized spacial score (nSPS) is 18.5. The van der Waals surface area contributed by atoms with Gasteiger partial charge in [0.05, 0.1) is 18.0 Å². The summed E-state index contributed by atoms with van der Waals surface area (Å²) < 4.78 is 0.515. The predicted molar refractivity (Wildman–Crippen MR) is 172 cm³/mol. The van der Waals surface area contributed by atoms with Crippen LogP contribution < -0.4 is 5.32 Å². The molecule has 4 amide bonds. The Kier molecular flexibility index (Phi) is 8.68. The summed E-state index contributed by atoms with van der Waals surface area (Å²) in [5, 5.41) is 30.1. The van der Waals surface area contributed by atoms with Crippen LogP contribution in [0.1, 0.15) is 16.7 Å². The van der Waals surface area contributed by atoms with Crippen molar-refractivity contribution in [1.29, 1.82) is 0 Å². The van der Waals surface area contributed by atoms with Crippen molar-refractivity contribution in [2.24, 2.45) is 0 Å². The van der Waals surface area contributed by atoms with E-state index in [2.05, 4.69) is 11.9 Å². The number of phenolic OH excluding ortho intramolecular Hbond substituents is 1. The minimum Gasteiger partial charge on any atom is -0.508 e. The lowest BCUT2D eigenvalue weighted by atomic mass is 9.98. The molecule has 0 aliphatic carbocycles. The number of rotatable bonds is 9. The molecule has 2 aliphatic heterocycles. The summed E-state index contributed by atoms with van der Waals surface area (Å²) in [5.74, 6) is -0.524. The van der Waals surface area contributed by atoms with E-state index in [1.807, 2.05) is 35.7 Å². The molecule has 2 fully saturated rings. The van der Waals surface area contributed by atoms with Crippen LogP contribution in [-0.2, 0) is 29.1 Å². The fraction of sp³-hybridized carbons (Fsp3) is 0.242. The van der Waals surface area contributed by atoms with E-state index in [4.69, 9.17) is 0 Å². The average Bonchev–Trinajstić information content (AvgIpc) is 3.46. The summed E-state index contributed by atoms with van der Waals surface area (Å²) in [6.45, 7) is 4.33. The van der Waals surface area contributed by atoms with Crippen molar-refractivity contribution >= 4 is 45.0 Å². The topological polar surface area (TPSA) is 140 Å². The Bertz CT molecular complexity index is 1800. The Balaban J connectivity index is 1.37. The predicted octanol–water partition coefficient (Wildman–Crippen LogP) is 4.25. The fourth-order valence-corrected chi connectivity index (χ4v) is 7.17. The van der Waals surface area contributed by atoms with Gasteiger partial charge in [-0.2, -0.15) is 0 Å². The number of fused-ring (bicyclic) bond motifs is 2. The first-order chi connectivity index (χ1) is 22.2. The van der Waals surface area contributed by atoms with Crippen molar-refractivity contribution in [2.45, 2.75) is 31.7 Å². The van der Waals surface area contributed by atoms with Gasteiger partial charge < -0.3 is 20.2 Å². The Morgan fingerprint density at radius 3 is 2.54 bits per heavy atom. The van der Waals surface area contributed by atoms with Crippen molar-refractivity contribution < 1.29 is 24.4 Å². The highest BCUT2D eigenvalue weighted by molar-refractivity contribution is 7.18. The van der Waals surface area contributed by atoms with Crippen molar-refractivity contribution in [2.75, 3.05) is 19.6 Å². The number of phenols is 1. The Hall–Kier alpha value is -5.27. The minimum atomic E-state index is -0.940. The van der Waals surface area contributed by atoms with Crippen LogP contribution >= 0.6 is 11.3 Å². The maximum absolute atomic E-state index is 14.3. The van der Waals surface area contributed by atoms with Gasteiger partial charge in [-0.3, -0.25) is 19.7 Å². The molecule has 0 bridgehead atoms. The summed E-state index contributed by atoms with van der Waals surface area (Å²) in [4.78, 5) is 56.3. The van der Waals surface area contributed by atoms with Crippen molar-refractivity contribution in [1.82, 2.24) is 25.1 Å². The van der Waals surface area contributed by atoms with E-state index in [1.165, 1.54) is 39.4 Å². The molecule has 6 rings (SSSR count). The SMILES string of the molecule is C=CCN1CC(=O)N2[C@@H](Cc3ccc(O)cc3)C(=O)N(Cc3csc4c([N+](=O)[O-])cccc34)C[C@@H]2N1C(=O)NCc1ccccc1. The first kappa shape index (κ1) is 30.7. The number of amides is 4. The van der Waals surface area contributed by atoms with E-state index in [0.29, 0.717) is 10.1 Å². The number of nitro groups is 1. The van der Waals surface area contributed by atoms with Crippen LogP contribution in [0, 0.1) is 10.1 Å². The van der Waals surface area contributed by atoms with E-state index in [9.17, 15) is 29.6 Å². The molecule has 236 valence electrons. The van der Waals surface area contributed by atoms with Crippen LogP contribution in [0.25, 0.3) is 10.1 Å². The molecular formula is C33H32N6O6S. The smallest absolute Gasteiger partial charge is 0.334 e. The van der Waals surface area contributed by atoms with Gasteiger partial charge in [0.15, 0.2) is 0 Å². The third-order valence-electron chi connectivity index (χ3n) is 8.25. The average molecular weight is 641 g/mol.